The lowest BCUT2D eigenvalue weighted by molar-refractivity contribution is -0.126. The largest absolute Gasteiger partial charge is 0.352 e. The van der Waals surface area contributed by atoms with Crippen molar-refractivity contribution >= 4 is 23.4 Å². The summed E-state index contributed by atoms with van der Waals surface area (Å²) in [6.07, 6.45) is 1.54. The Morgan fingerprint density at radius 3 is 2.44 bits per heavy atom. The average Bonchev–Trinajstić information content (AvgIpc) is 2.88. The highest BCUT2D eigenvalue weighted by atomic mass is 16.2. The summed E-state index contributed by atoms with van der Waals surface area (Å²) in [5.41, 5.74) is 3.74. The zero-order valence-electron chi connectivity index (χ0n) is 19.3. The van der Waals surface area contributed by atoms with Crippen LogP contribution in [0.1, 0.15) is 44.7 Å². The first-order chi connectivity index (χ1) is 16.5. The third-order valence-electron chi connectivity index (χ3n) is 6.07. The molecule has 1 fully saturated rings. The maximum atomic E-state index is 13.2. The predicted octanol–water partition coefficient (Wildman–Crippen LogP) is 4.42. The third kappa shape index (κ3) is 5.90. The van der Waals surface area contributed by atoms with E-state index in [0.29, 0.717) is 36.4 Å². The van der Waals surface area contributed by atoms with Gasteiger partial charge in [0.15, 0.2) is 0 Å². The number of carbonyl (C=O) groups is 3. The van der Waals surface area contributed by atoms with E-state index in [4.69, 9.17) is 0 Å². The summed E-state index contributed by atoms with van der Waals surface area (Å²) >= 11 is 0. The molecule has 3 aromatic carbocycles. The van der Waals surface area contributed by atoms with Gasteiger partial charge in [0.25, 0.3) is 11.8 Å². The first-order valence-corrected chi connectivity index (χ1v) is 11.6. The Hall–Kier alpha value is -3.93. The van der Waals surface area contributed by atoms with Crippen molar-refractivity contribution in [3.63, 3.8) is 0 Å². The maximum absolute atomic E-state index is 13.2. The second-order valence-corrected chi connectivity index (χ2v) is 8.69. The van der Waals surface area contributed by atoms with Crippen LogP contribution in [0.15, 0.2) is 78.9 Å². The van der Waals surface area contributed by atoms with Crippen molar-refractivity contribution < 1.29 is 14.4 Å². The molecule has 1 unspecified atom stereocenters. The van der Waals surface area contributed by atoms with Crippen LogP contribution in [0.4, 0.5) is 5.69 Å². The Labute approximate surface area is 200 Å². The molecule has 0 spiro atoms. The molecule has 1 aliphatic heterocycles. The standard InChI is InChI=1S/C28H29N3O3/c1-20-12-14-22(15-13-20)27(33)30-25-11-5-9-23(17-25)28(34)31-16-6-10-24(19-31)26(32)29-18-21-7-3-2-4-8-21/h2-5,7-9,11-15,17,24H,6,10,16,18-19H2,1H3,(H,29,32)(H,30,33). The van der Waals surface area contributed by atoms with Crippen molar-refractivity contribution in [2.45, 2.75) is 26.3 Å². The van der Waals surface area contributed by atoms with E-state index < -0.39 is 0 Å². The van der Waals surface area contributed by atoms with E-state index in [-0.39, 0.29) is 23.6 Å². The first kappa shape index (κ1) is 23.2. The summed E-state index contributed by atoms with van der Waals surface area (Å²) in [6, 6.07) is 24.0. The van der Waals surface area contributed by atoms with Gasteiger partial charge in [-0.05, 0) is 55.7 Å². The highest BCUT2D eigenvalue weighted by Gasteiger charge is 2.29. The van der Waals surface area contributed by atoms with Gasteiger partial charge in [-0.25, -0.2) is 0 Å². The number of anilines is 1. The Balaban J connectivity index is 1.36. The number of amides is 3. The minimum Gasteiger partial charge on any atom is -0.352 e. The van der Waals surface area contributed by atoms with Gasteiger partial charge in [0.2, 0.25) is 5.91 Å². The van der Waals surface area contributed by atoms with E-state index in [1.54, 1.807) is 41.3 Å². The fourth-order valence-corrected chi connectivity index (χ4v) is 4.13. The van der Waals surface area contributed by atoms with Crippen molar-refractivity contribution in [3.05, 3.63) is 101 Å². The monoisotopic (exact) mass is 455 g/mol. The molecule has 3 amide bonds. The van der Waals surface area contributed by atoms with Gasteiger partial charge >= 0.3 is 0 Å². The van der Waals surface area contributed by atoms with Gasteiger partial charge in [-0.2, -0.15) is 0 Å². The Bertz CT molecular complexity index is 1160. The van der Waals surface area contributed by atoms with Gasteiger partial charge in [-0.3, -0.25) is 14.4 Å². The van der Waals surface area contributed by atoms with Crippen molar-refractivity contribution in [1.82, 2.24) is 10.2 Å². The Morgan fingerprint density at radius 2 is 1.68 bits per heavy atom. The number of aryl methyl sites for hydroxylation is 1. The molecule has 0 radical (unpaired) electrons. The van der Waals surface area contributed by atoms with Crippen LogP contribution in [0.5, 0.6) is 0 Å². The van der Waals surface area contributed by atoms with E-state index in [9.17, 15) is 14.4 Å². The highest BCUT2D eigenvalue weighted by molar-refractivity contribution is 6.05. The average molecular weight is 456 g/mol. The van der Waals surface area contributed by atoms with Crippen LogP contribution in [0.25, 0.3) is 0 Å². The van der Waals surface area contributed by atoms with Gasteiger partial charge in [0, 0.05) is 36.4 Å². The van der Waals surface area contributed by atoms with Crippen LogP contribution >= 0.6 is 0 Å². The molecule has 3 aromatic rings. The van der Waals surface area contributed by atoms with Crippen LogP contribution in [-0.2, 0) is 11.3 Å². The molecule has 6 heteroatoms. The number of benzene rings is 3. The molecule has 4 rings (SSSR count). The summed E-state index contributed by atoms with van der Waals surface area (Å²) in [5.74, 6) is -0.615. The molecular weight excluding hydrogens is 426 g/mol. The summed E-state index contributed by atoms with van der Waals surface area (Å²) in [5, 5.41) is 5.85. The van der Waals surface area contributed by atoms with Crippen molar-refractivity contribution in [2.75, 3.05) is 18.4 Å². The minimum absolute atomic E-state index is 0.0273. The van der Waals surface area contributed by atoms with Crippen LogP contribution < -0.4 is 10.6 Å². The van der Waals surface area contributed by atoms with E-state index in [2.05, 4.69) is 10.6 Å². The lowest BCUT2D eigenvalue weighted by atomic mass is 9.96. The maximum Gasteiger partial charge on any atom is 0.255 e. The van der Waals surface area contributed by atoms with Crippen molar-refractivity contribution in [3.8, 4) is 0 Å². The highest BCUT2D eigenvalue weighted by Crippen LogP contribution is 2.21. The third-order valence-corrected chi connectivity index (χ3v) is 6.07. The number of carbonyl (C=O) groups excluding carboxylic acids is 3. The lowest BCUT2D eigenvalue weighted by Gasteiger charge is -2.32. The van der Waals surface area contributed by atoms with Crippen LogP contribution in [0, 0.1) is 12.8 Å². The molecule has 174 valence electrons. The number of likely N-dealkylation sites (tertiary alicyclic amines) is 1. The van der Waals surface area contributed by atoms with E-state index in [0.717, 1.165) is 24.0 Å². The molecule has 0 bridgehead atoms. The van der Waals surface area contributed by atoms with E-state index in [1.165, 1.54) is 0 Å². The lowest BCUT2D eigenvalue weighted by Crippen LogP contribution is -2.45. The Kier molecular flexibility index (Phi) is 7.38. The fourth-order valence-electron chi connectivity index (χ4n) is 4.13. The van der Waals surface area contributed by atoms with Gasteiger partial charge in [-0.15, -0.1) is 0 Å². The number of piperidine rings is 1. The molecule has 34 heavy (non-hydrogen) atoms. The second kappa shape index (κ2) is 10.8. The molecule has 2 N–H and O–H groups in total. The summed E-state index contributed by atoms with van der Waals surface area (Å²) < 4.78 is 0. The number of hydrogen-bond acceptors (Lipinski definition) is 3. The second-order valence-electron chi connectivity index (χ2n) is 8.69. The summed E-state index contributed by atoms with van der Waals surface area (Å²) in [6.45, 7) is 3.45. The predicted molar refractivity (Wildman–Crippen MR) is 132 cm³/mol. The molecule has 1 atom stereocenters. The molecule has 1 heterocycles. The number of hydrogen-bond donors (Lipinski definition) is 2. The molecule has 1 aliphatic rings. The summed E-state index contributed by atoms with van der Waals surface area (Å²) in [7, 11) is 0. The number of nitrogens with one attached hydrogen (secondary N) is 2. The van der Waals surface area contributed by atoms with E-state index in [1.807, 2.05) is 49.4 Å². The van der Waals surface area contributed by atoms with Gasteiger partial charge in [-0.1, -0.05) is 54.1 Å². The zero-order valence-corrected chi connectivity index (χ0v) is 19.3. The number of rotatable bonds is 6. The first-order valence-electron chi connectivity index (χ1n) is 11.6. The number of nitrogens with zero attached hydrogens (tertiary/aromatic N) is 1. The summed E-state index contributed by atoms with van der Waals surface area (Å²) in [4.78, 5) is 40.2. The van der Waals surface area contributed by atoms with Crippen LogP contribution in [0.2, 0.25) is 0 Å². The zero-order chi connectivity index (χ0) is 23.9. The molecule has 0 aromatic heterocycles. The molecule has 1 saturated heterocycles. The normalized spacial score (nSPS) is 15.4. The molecular formula is C28H29N3O3. The van der Waals surface area contributed by atoms with Gasteiger partial charge < -0.3 is 15.5 Å². The Morgan fingerprint density at radius 1 is 0.912 bits per heavy atom. The van der Waals surface area contributed by atoms with Crippen molar-refractivity contribution in [2.24, 2.45) is 5.92 Å². The van der Waals surface area contributed by atoms with Gasteiger partial charge in [0.1, 0.15) is 0 Å². The molecule has 6 nitrogen and oxygen atoms in total. The smallest absolute Gasteiger partial charge is 0.255 e. The van der Waals surface area contributed by atoms with E-state index >= 15 is 0 Å². The fraction of sp³-hybridized carbons (Fsp3) is 0.250. The quantitative estimate of drug-likeness (QED) is 0.578. The van der Waals surface area contributed by atoms with Crippen LogP contribution in [0.3, 0.4) is 0 Å². The molecule has 0 saturated carbocycles. The minimum atomic E-state index is -0.231. The SMILES string of the molecule is Cc1ccc(C(=O)Nc2cccc(C(=O)N3CCCC(C(=O)NCc4ccccc4)C3)c2)cc1. The topological polar surface area (TPSA) is 78.5 Å². The van der Waals surface area contributed by atoms with Crippen LogP contribution in [-0.4, -0.2) is 35.7 Å². The van der Waals surface area contributed by atoms with Gasteiger partial charge in [0.05, 0.1) is 5.92 Å². The molecule has 0 aliphatic carbocycles. The van der Waals surface area contributed by atoms with Crippen molar-refractivity contribution in [1.29, 1.82) is 0 Å².